The van der Waals surface area contributed by atoms with Gasteiger partial charge in [0.1, 0.15) is 0 Å². The normalized spacial score (nSPS) is 23.2. The second-order valence-electron chi connectivity index (χ2n) is 7.99. The first-order valence-corrected chi connectivity index (χ1v) is 11.3. The smallest absolute Gasteiger partial charge is 0.243 e. The number of aryl methyl sites for hydroxylation is 3. The summed E-state index contributed by atoms with van der Waals surface area (Å²) >= 11 is 0. The molecule has 2 heterocycles. The van der Waals surface area contributed by atoms with Crippen molar-refractivity contribution in [1.29, 1.82) is 0 Å². The molecule has 2 saturated heterocycles. The fraction of sp³-hybridized carbons (Fsp3) is 0.650. The van der Waals surface area contributed by atoms with Crippen LogP contribution >= 0.6 is 12.4 Å². The summed E-state index contributed by atoms with van der Waals surface area (Å²) in [6, 6.07) is 3.76. The van der Waals surface area contributed by atoms with E-state index in [4.69, 9.17) is 0 Å². The molecule has 0 spiro atoms. The van der Waals surface area contributed by atoms with Crippen LogP contribution in [0.2, 0.25) is 0 Å². The van der Waals surface area contributed by atoms with Gasteiger partial charge in [-0.3, -0.25) is 4.79 Å². The molecule has 2 aliphatic rings. The van der Waals surface area contributed by atoms with Gasteiger partial charge < -0.3 is 10.6 Å². The van der Waals surface area contributed by atoms with Crippen LogP contribution < -0.4 is 10.6 Å². The Kier molecular flexibility index (Phi) is 7.90. The van der Waals surface area contributed by atoms with E-state index in [0.717, 1.165) is 48.9 Å². The summed E-state index contributed by atoms with van der Waals surface area (Å²) in [5.74, 6) is 0.197. The number of amides is 1. The Morgan fingerprint density at radius 2 is 1.86 bits per heavy atom. The zero-order chi connectivity index (χ0) is 19.6. The molecule has 2 atom stereocenters. The fourth-order valence-corrected chi connectivity index (χ4v) is 6.36. The van der Waals surface area contributed by atoms with Crippen molar-refractivity contribution < 1.29 is 13.2 Å². The first-order chi connectivity index (χ1) is 12.8. The minimum atomic E-state index is -3.52. The van der Waals surface area contributed by atoms with E-state index in [1.807, 2.05) is 32.9 Å². The summed E-state index contributed by atoms with van der Waals surface area (Å²) in [5, 5.41) is 6.21. The van der Waals surface area contributed by atoms with Crippen molar-refractivity contribution in [3.63, 3.8) is 0 Å². The lowest BCUT2D eigenvalue weighted by atomic mass is 9.99. The molecule has 3 rings (SSSR count). The van der Waals surface area contributed by atoms with Crippen molar-refractivity contribution in [3.05, 3.63) is 28.8 Å². The van der Waals surface area contributed by atoms with E-state index in [1.54, 1.807) is 4.31 Å². The largest absolute Gasteiger partial charge is 0.354 e. The highest BCUT2D eigenvalue weighted by atomic mass is 35.5. The van der Waals surface area contributed by atoms with E-state index in [9.17, 15) is 13.2 Å². The first-order valence-electron chi connectivity index (χ1n) is 9.88. The van der Waals surface area contributed by atoms with Crippen molar-refractivity contribution >= 4 is 28.3 Å². The summed E-state index contributed by atoms with van der Waals surface area (Å²) in [6.07, 6.45) is 3.67. The number of carbonyl (C=O) groups excluding carboxylic acids is 1. The second kappa shape index (κ2) is 9.57. The van der Waals surface area contributed by atoms with E-state index in [-0.39, 0.29) is 30.3 Å². The van der Waals surface area contributed by atoms with Gasteiger partial charge in [-0.05, 0) is 70.0 Å². The van der Waals surface area contributed by atoms with Crippen LogP contribution in [0, 0.1) is 26.7 Å². The fourth-order valence-electron chi connectivity index (χ4n) is 4.39. The van der Waals surface area contributed by atoms with Gasteiger partial charge in [0.2, 0.25) is 15.9 Å². The molecule has 8 heteroatoms. The quantitative estimate of drug-likeness (QED) is 0.752. The molecule has 0 aliphatic carbocycles. The van der Waals surface area contributed by atoms with Crippen molar-refractivity contribution in [2.75, 3.05) is 26.2 Å². The summed E-state index contributed by atoms with van der Waals surface area (Å²) in [6.45, 7) is 8.15. The molecule has 2 unspecified atom stereocenters. The summed E-state index contributed by atoms with van der Waals surface area (Å²) < 4.78 is 28.1. The SMILES string of the molecule is Cc1cc(C)c(S(=O)(=O)N2CCCC(CNC(=O)C3CCCN3)C2)c(C)c1.Cl. The van der Waals surface area contributed by atoms with Gasteiger partial charge in [0, 0.05) is 19.6 Å². The maximum Gasteiger partial charge on any atom is 0.243 e. The minimum Gasteiger partial charge on any atom is -0.354 e. The van der Waals surface area contributed by atoms with Gasteiger partial charge in [0.15, 0.2) is 0 Å². The van der Waals surface area contributed by atoms with Crippen LogP contribution in [0.15, 0.2) is 17.0 Å². The van der Waals surface area contributed by atoms with Crippen molar-refractivity contribution in [3.8, 4) is 0 Å². The molecule has 2 N–H and O–H groups in total. The third-order valence-corrected chi connectivity index (χ3v) is 7.80. The lowest BCUT2D eigenvalue weighted by Crippen LogP contribution is -2.46. The molecule has 6 nitrogen and oxygen atoms in total. The van der Waals surface area contributed by atoms with Crippen LogP contribution in [0.25, 0.3) is 0 Å². The van der Waals surface area contributed by atoms with Crippen LogP contribution in [0.5, 0.6) is 0 Å². The molecular formula is C20H32ClN3O3S. The zero-order valence-corrected chi connectivity index (χ0v) is 18.6. The van der Waals surface area contributed by atoms with E-state index < -0.39 is 10.0 Å². The van der Waals surface area contributed by atoms with Crippen LogP contribution in [0.4, 0.5) is 0 Å². The maximum absolute atomic E-state index is 13.3. The Bertz CT molecular complexity index is 784. The molecule has 1 aromatic carbocycles. The summed E-state index contributed by atoms with van der Waals surface area (Å²) in [5.41, 5.74) is 2.68. The number of nitrogens with zero attached hydrogens (tertiary/aromatic N) is 1. The van der Waals surface area contributed by atoms with Gasteiger partial charge in [-0.15, -0.1) is 12.4 Å². The molecule has 1 amide bonds. The van der Waals surface area contributed by atoms with Gasteiger partial charge in [-0.25, -0.2) is 8.42 Å². The molecule has 0 aromatic heterocycles. The highest BCUT2D eigenvalue weighted by Gasteiger charge is 2.33. The first kappa shape index (κ1) is 23.1. The lowest BCUT2D eigenvalue weighted by Gasteiger charge is -2.33. The van der Waals surface area contributed by atoms with E-state index in [1.165, 1.54) is 0 Å². The van der Waals surface area contributed by atoms with Gasteiger partial charge in [0.05, 0.1) is 10.9 Å². The number of piperidine rings is 1. The number of benzene rings is 1. The van der Waals surface area contributed by atoms with Crippen molar-refractivity contribution in [2.24, 2.45) is 5.92 Å². The van der Waals surface area contributed by atoms with Gasteiger partial charge in [-0.2, -0.15) is 4.31 Å². The zero-order valence-electron chi connectivity index (χ0n) is 17.0. The number of rotatable bonds is 5. The molecular weight excluding hydrogens is 398 g/mol. The highest BCUT2D eigenvalue weighted by Crippen LogP contribution is 2.28. The monoisotopic (exact) mass is 429 g/mol. The Hall–Kier alpha value is -1.15. The molecule has 28 heavy (non-hydrogen) atoms. The Balaban J connectivity index is 0.00000280. The highest BCUT2D eigenvalue weighted by molar-refractivity contribution is 7.89. The van der Waals surface area contributed by atoms with Crippen LogP contribution in [0.1, 0.15) is 42.4 Å². The number of hydrogen-bond donors (Lipinski definition) is 2. The summed E-state index contributed by atoms with van der Waals surface area (Å²) in [7, 11) is -3.52. The predicted molar refractivity (Wildman–Crippen MR) is 113 cm³/mol. The second-order valence-corrected chi connectivity index (χ2v) is 9.87. The molecule has 0 radical (unpaired) electrons. The standard InChI is InChI=1S/C20H31N3O3S.ClH/c1-14-10-15(2)19(16(3)11-14)27(25,26)23-9-5-6-17(13-23)12-22-20(24)18-7-4-8-21-18;/h10-11,17-18,21H,4-9,12-13H2,1-3H3,(H,22,24);1H. The van der Waals surface area contributed by atoms with Crippen molar-refractivity contribution in [2.45, 2.75) is 57.4 Å². The van der Waals surface area contributed by atoms with Gasteiger partial charge in [0.25, 0.3) is 0 Å². The van der Waals surface area contributed by atoms with E-state index >= 15 is 0 Å². The Morgan fingerprint density at radius 3 is 2.46 bits per heavy atom. The summed E-state index contributed by atoms with van der Waals surface area (Å²) in [4.78, 5) is 12.6. The molecule has 158 valence electrons. The minimum absolute atomic E-state index is 0. The van der Waals surface area contributed by atoms with Crippen LogP contribution in [-0.4, -0.2) is 50.9 Å². The molecule has 1 aromatic rings. The average molecular weight is 430 g/mol. The van der Waals surface area contributed by atoms with Crippen LogP contribution in [-0.2, 0) is 14.8 Å². The number of hydrogen-bond acceptors (Lipinski definition) is 4. The Morgan fingerprint density at radius 1 is 1.18 bits per heavy atom. The number of halogens is 1. The third-order valence-electron chi connectivity index (χ3n) is 5.63. The molecule has 2 fully saturated rings. The molecule has 0 saturated carbocycles. The molecule has 2 aliphatic heterocycles. The lowest BCUT2D eigenvalue weighted by molar-refractivity contribution is -0.123. The van der Waals surface area contributed by atoms with Gasteiger partial charge in [-0.1, -0.05) is 17.7 Å². The number of sulfonamides is 1. The third kappa shape index (κ3) is 5.06. The van der Waals surface area contributed by atoms with E-state index in [0.29, 0.717) is 24.5 Å². The van der Waals surface area contributed by atoms with Crippen LogP contribution in [0.3, 0.4) is 0 Å². The maximum atomic E-state index is 13.3. The average Bonchev–Trinajstić information content (AvgIpc) is 3.13. The Labute approximate surface area is 174 Å². The predicted octanol–water partition coefficient (Wildman–Crippen LogP) is 2.30. The molecule has 0 bridgehead atoms. The van der Waals surface area contributed by atoms with E-state index in [2.05, 4.69) is 10.6 Å². The number of carbonyl (C=O) groups is 1. The van der Waals surface area contributed by atoms with Crippen molar-refractivity contribution in [1.82, 2.24) is 14.9 Å². The number of nitrogens with one attached hydrogen (secondary N) is 2. The topological polar surface area (TPSA) is 78.5 Å². The van der Waals surface area contributed by atoms with Gasteiger partial charge >= 0.3 is 0 Å².